The van der Waals surface area contributed by atoms with Crippen LogP contribution in [0.4, 0.5) is 0 Å². The van der Waals surface area contributed by atoms with E-state index in [2.05, 4.69) is 12.3 Å². The number of hydrogen-bond acceptors (Lipinski definition) is 3. The van der Waals surface area contributed by atoms with E-state index in [1.165, 1.54) is 0 Å². The van der Waals surface area contributed by atoms with Crippen molar-refractivity contribution in [3.63, 3.8) is 0 Å². The number of carbonyl (C=O) groups excluding carboxylic acids is 2. The summed E-state index contributed by atoms with van der Waals surface area (Å²) in [6, 6.07) is 7.72. The Balaban J connectivity index is 2.19. The van der Waals surface area contributed by atoms with E-state index in [1.807, 2.05) is 24.3 Å². The van der Waals surface area contributed by atoms with Gasteiger partial charge >= 0.3 is 5.97 Å². The summed E-state index contributed by atoms with van der Waals surface area (Å²) in [7, 11) is 0. The molecule has 0 bridgehead atoms. The van der Waals surface area contributed by atoms with Crippen LogP contribution < -0.4 is 0 Å². The van der Waals surface area contributed by atoms with Gasteiger partial charge in [-0.25, -0.2) is 4.79 Å². The lowest BCUT2D eigenvalue weighted by Crippen LogP contribution is -2.18. The Morgan fingerprint density at radius 3 is 2.90 bits per heavy atom. The lowest BCUT2D eigenvalue weighted by molar-refractivity contribution is -0.138. The quantitative estimate of drug-likeness (QED) is 0.368. The molecule has 0 heterocycles. The highest BCUT2D eigenvalue weighted by Gasteiger charge is 2.27. The Kier molecular flexibility index (Phi) is 5.13. The van der Waals surface area contributed by atoms with Gasteiger partial charge < -0.3 is 4.74 Å². The molecule has 3 nitrogen and oxygen atoms in total. The number of fused-ring (bicyclic) bond motifs is 1. The maximum Gasteiger partial charge on any atom is 0.341 e. The predicted octanol–water partition coefficient (Wildman–Crippen LogP) is 3.49. The molecule has 0 radical (unpaired) electrons. The molecule has 0 saturated heterocycles. The first-order valence-corrected chi connectivity index (χ1v) is 7.35. The first-order chi connectivity index (χ1) is 10.2. The van der Waals surface area contributed by atoms with Crippen molar-refractivity contribution in [2.24, 2.45) is 5.92 Å². The summed E-state index contributed by atoms with van der Waals surface area (Å²) in [4.78, 5) is 24.5. The van der Waals surface area contributed by atoms with Gasteiger partial charge in [-0.2, -0.15) is 0 Å². The number of carbonyl (C=O) groups is 2. The van der Waals surface area contributed by atoms with Crippen molar-refractivity contribution in [2.75, 3.05) is 6.61 Å². The van der Waals surface area contributed by atoms with Crippen LogP contribution in [0.15, 0.2) is 42.1 Å². The van der Waals surface area contributed by atoms with Crippen molar-refractivity contribution >= 4 is 11.8 Å². The number of hydrogen-bond donors (Lipinski definition) is 0. The smallest absolute Gasteiger partial charge is 0.341 e. The number of Topliss-reactive ketones (excluding diaryl/α,β-unsaturated/α-hetero) is 1. The molecule has 110 valence electrons. The Hall–Kier alpha value is -2.12. The zero-order chi connectivity index (χ0) is 15.2. The summed E-state index contributed by atoms with van der Waals surface area (Å²) in [5.74, 6) is -0.500. The molecule has 1 unspecified atom stereocenters. The Labute approximate surface area is 125 Å². The van der Waals surface area contributed by atoms with Gasteiger partial charge in [0.1, 0.15) is 0 Å². The first-order valence-electron chi connectivity index (χ1n) is 7.35. The van der Waals surface area contributed by atoms with Crippen LogP contribution in [0.5, 0.6) is 0 Å². The number of rotatable bonds is 4. The van der Waals surface area contributed by atoms with Crippen LogP contribution in [-0.4, -0.2) is 18.4 Å². The Bertz CT molecular complexity index is 594. The van der Waals surface area contributed by atoms with Crippen molar-refractivity contribution < 1.29 is 14.3 Å². The molecule has 0 N–H and O–H groups in total. The molecule has 2 rings (SSSR count). The SMILES string of the molecule is C=C=C(CC1CCCc2ccccc2C1=O)C(=O)OCC. The van der Waals surface area contributed by atoms with Crippen LogP contribution >= 0.6 is 0 Å². The van der Waals surface area contributed by atoms with Gasteiger partial charge in [0.25, 0.3) is 0 Å². The number of benzene rings is 1. The molecule has 1 aromatic rings. The van der Waals surface area contributed by atoms with Crippen LogP contribution in [0.2, 0.25) is 0 Å². The van der Waals surface area contributed by atoms with Crippen LogP contribution in [0.1, 0.15) is 42.1 Å². The van der Waals surface area contributed by atoms with E-state index in [-0.39, 0.29) is 11.7 Å². The molecule has 0 saturated carbocycles. The van der Waals surface area contributed by atoms with Crippen molar-refractivity contribution in [2.45, 2.75) is 32.6 Å². The van der Waals surface area contributed by atoms with Gasteiger partial charge in [0, 0.05) is 11.5 Å². The molecule has 1 aliphatic carbocycles. The van der Waals surface area contributed by atoms with Gasteiger partial charge in [-0.15, -0.1) is 5.73 Å². The number of esters is 1. The fourth-order valence-corrected chi connectivity index (χ4v) is 2.76. The van der Waals surface area contributed by atoms with E-state index in [9.17, 15) is 9.59 Å². The zero-order valence-electron chi connectivity index (χ0n) is 12.4. The van der Waals surface area contributed by atoms with Crippen molar-refractivity contribution in [3.8, 4) is 0 Å². The van der Waals surface area contributed by atoms with Gasteiger partial charge in [0.2, 0.25) is 0 Å². The molecule has 3 heteroatoms. The standard InChI is InChI=1S/C18H20O3/c1-3-13(18(20)21-4-2)12-15-10-7-9-14-8-5-6-11-16(14)17(15)19/h5-6,8,11,15H,1,4,7,9-10,12H2,2H3. The number of ether oxygens (including phenoxy) is 1. The monoisotopic (exact) mass is 284 g/mol. The molecule has 1 aliphatic rings. The van der Waals surface area contributed by atoms with Gasteiger partial charge in [0.05, 0.1) is 12.2 Å². The van der Waals surface area contributed by atoms with Crippen LogP contribution in [0.25, 0.3) is 0 Å². The third kappa shape index (κ3) is 3.50. The fraction of sp³-hybridized carbons (Fsp3) is 0.389. The molecule has 1 atom stereocenters. The zero-order valence-corrected chi connectivity index (χ0v) is 12.4. The highest BCUT2D eigenvalue weighted by atomic mass is 16.5. The summed E-state index contributed by atoms with van der Waals surface area (Å²) in [6.45, 7) is 5.62. The van der Waals surface area contributed by atoms with Gasteiger partial charge in [-0.3, -0.25) is 4.79 Å². The lowest BCUT2D eigenvalue weighted by atomic mass is 9.89. The Morgan fingerprint density at radius 2 is 2.19 bits per heavy atom. The average molecular weight is 284 g/mol. The van der Waals surface area contributed by atoms with E-state index >= 15 is 0 Å². The summed E-state index contributed by atoms with van der Waals surface area (Å²) in [5, 5.41) is 0. The minimum atomic E-state index is -0.419. The van der Waals surface area contributed by atoms with Crippen LogP contribution in [-0.2, 0) is 16.0 Å². The summed E-state index contributed by atoms with van der Waals surface area (Å²) < 4.78 is 4.98. The lowest BCUT2D eigenvalue weighted by Gasteiger charge is -2.14. The van der Waals surface area contributed by atoms with E-state index in [0.29, 0.717) is 18.6 Å². The summed E-state index contributed by atoms with van der Waals surface area (Å²) in [5.41, 5.74) is 4.90. The minimum absolute atomic E-state index is 0.111. The highest BCUT2D eigenvalue weighted by molar-refractivity contribution is 6.00. The van der Waals surface area contributed by atoms with Gasteiger partial charge in [0.15, 0.2) is 5.78 Å². The molecule has 1 aromatic carbocycles. The normalized spacial score (nSPS) is 17.4. The van der Waals surface area contributed by atoms with E-state index in [1.54, 1.807) is 6.92 Å². The van der Waals surface area contributed by atoms with E-state index in [0.717, 1.165) is 30.4 Å². The molecule has 0 aromatic heterocycles. The number of ketones is 1. The molecular formula is C18H20O3. The second-order valence-corrected chi connectivity index (χ2v) is 5.19. The average Bonchev–Trinajstić information content (AvgIpc) is 2.65. The topological polar surface area (TPSA) is 43.4 Å². The second kappa shape index (κ2) is 7.05. The van der Waals surface area contributed by atoms with Crippen LogP contribution in [0.3, 0.4) is 0 Å². The van der Waals surface area contributed by atoms with Gasteiger partial charge in [-0.05, 0) is 38.2 Å². The van der Waals surface area contributed by atoms with Crippen molar-refractivity contribution in [3.05, 3.63) is 53.3 Å². The fourth-order valence-electron chi connectivity index (χ4n) is 2.76. The third-order valence-electron chi connectivity index (χ3n) is 3.84. The highest BCUT2D eigenvalue weighted by Crippen LogP contribution is 2.28. The minimum Gasteiger partial charge on any atom is -0.462 e. The summed E-state index contributed by atoms with van der Waals surface area (Å²) >= 11 is 0. The second-order valence-electron chi connectivity index (χ2n) is 5.19. The van der Waals surface area contributed by atoms with E-state index in [4.69, 9.17) is 4.74 Å². The Morgan fingerprint density at radius 1 is 1.43 bits per heavy atom. The summed E-state index contributed by atoms with van der Waals surface area (Å²) in [6.07, 6.45) is 2.99. The van der Waals surface area contributed by atoms with Crippen molar-refractivity contribution in [1.82, 2.24) is 0 Å². The maximum atomic E-state index is 12.7. The van der Waals surface area contributed by atoms with Crippen LogP contribution in [0, 0.1) is 5.92 Å². The largest absolute Gasteiger partial charge is 0.462 e. The third-order valence-corrected chi connectivity index (χ3v) is 3.84. The first kappa shape index (κ1) is 15.3. The molecule has 0 spiro atoms. The molecule has 0 aliphatic heterocycles. The molecular weight excluding hydrogens is 264 g/mol. The van der Waals surface area contributed by atoms with E-state index < -0.39 is 5.97 Å². The van der Waals surface area contributed by atoms with Crippen molar-refractivity contribution in [1.29, 1.82) is 0 Å². The maximum absolute atomic E-state index is 12.7. The molecule has 0 amide bonds. The molecule has 0 fully saturated rings. The molecule has 21 heavy (non-hydrogen) atoms. The number of aryl methyl sites for hydroxylation is 1. The predicted molar refractivity (Wildman–Crippen MR) is 81.1 cm³/mol. The van der Waals surface area contributed by atoms with Gasteiger partial charge in [-0.1, -0.05) is 30.8 Å².